The van der Waals surface area contributed by atoms with E-state index in [1.165, 1.54) is 0 Å². The first-order valence-corrected chi connectivity index (χ1v) is 5.97. The molecule has 0 saturated heterocycles. The van der Waals surface area contributed by atoms with Gasteiger partial charge in [0.05, 0.1) is 18.7 Å². The average molecular weight is 235 g/mol. The molecule has 0 aromatic heterocycles. The summed E-state index contributed by atoms with van der Waals surface area (Å²) in [6, 6.07) is 7.14. The van der Waals surface area contributed by atoms with Gasteiger partial charge in [-0.2, -0.15) is 0 Å². The summed E-state index contributed by atoms with van der Waals surface area (Å²) >= 11 is 0. The van der Waals surface area contributed by atoms with Crippen molar-refractivity contribution in [3.05, 3.63) is 29.8 Å². The summed E-state index contributed by atoms with van der Waals surface area (Å²) in [4.78, 5) is 12.2. The van der Waals surface area contributed by atoms with Gasteiger partial charge in [-0.3, -0.25) is 4.79 Å². The zero-order valence-electron chi connectivity index (χ0n) is 11.0. The van der Waals surface area contributed by atoms with Gasteiger partial charge in [-0.05, 0) is 31.5 Å². The summed E-state index contributed by atoms with van der Waals surface area (Å²) in [6.45, 7) is 6.96. The monoisotopic (exact) mass is 235 g/mol. The van der Waals surface area contributed by atoms with E-state index in [9.17, 15) is 4.79 Å². The Bertz CT molecular complexity index is 374. The largest absolute Gasteiger partial charge is 0.496 e. The Labute approximate surface area is 103 Å². The van der Waals surface area contributed by atoms with Crippen LogP contribution in [0.4, 0.5) is 0 Å². The van der Waals surface area contributed by atoms with Crippen LogP contribution < -0.4 is 10.1 Å². The summed E-state index contributed by atoms with van der Waals surface area (Å²) in [5, 5.41) is 3.23. The van der Waals surface area contributed by atoms with Crippen molar-refractivity contribution in [3.63, 3.8) is 0 Å². The van der Waals surface area contributed by atoms with Crippen molar-refractivity contribution in [1.82, 2.24) is 5.32 Å². The topological polar surface area (TPSA) is 38.3 Å². The van der Waals surface area contributed by atoms with Crippen molar-refractivity contribution in [1.29, 1.82) is 0 Å². The molecule has 0 bridgehead atoms. The highest BCUT2D eigenvalue weighted by Crippen LogP contribution is 2.18. The Morgan fingerprint density at radius 2 is 1.94 bits per heavy atom. The molecule has 3 nitrogen and oxygen atoms in total. The van der Waals surface area contributed by atoms with Crippen molar-refractivity contribution >= 4 is 5.78 Å². The molecule has 1 aromatic carbocycles. The second kappa shape index (κ2) is 6.40. The van der Waals surface area contributed by atoms with E-state index in [1.54, 1.807) is 13.2 Å². The fourth-order valence-electron chi connectivity index (χ4n) is 1.59. The summed E-state index contributed by atoms with van der Waals surface area (Å²) in [7, 11) is 1.58. The van der Waals surface area contributed by atoms with Crippen LogP contribution in [0.3, 0.4) is 0 Å². The summed E-state index contributed by atoms with van der Waals surface area (Å²) < 4.78 is 5.19. The van der Waals surface area contributed by atoms with Gasteiger partial charge in [0.2, 0.25) is 0 Å². The van der Waals surface area contributed by atoms with Gasteiger partial charge in [-0.15, -0.1) is 0 Å². The van der Waals surface area contributed by atoms with Gasteiger partial charge < -0.3 is 10.1 Å². The number of nitrogens with one attached hydrogen (secondary N) is 1. The van der Waals surface area contributed by atoms with Crippen LogP contribution in [0.2, 0.25) is 0 Å². The highest BCUT2D eigenvalue weighted by molar-refractivity contribution is 6.02. The molecule has 0 saturated carbocycles. The van der Waals surface area contributed by atoms with E-state index in [1.807, 2.05) is 25.1 Å². The Morgan fingerprint density at radius 1 is 1.29 bits per heavy atom. The van der Waals surface area contributed by atoms with Crippen LogP contribution >= 0.6 is 0 Å². The first-order valence-electron chi connectivity index (χ1n) is 5.97. The molecule has 0 heterocycles. The minimum atomic E-state index is -0.186. The van der Waals surface area contributed by atoms with Crippen LogP contribution in [0.1, 0.15) is 31.1 Å². The van der Waals surface area contributed by atoms with Crippen molar-refractivity contribution in [2.75, 3.05) is 13.7 Å². The van der Waals surface area contributed by atoms with Crippen molar-refractivity contribution < 1.29 is 9.53 Å². The average Bonchev–Trinajstić information content (AvgIpc) is 2.34. The van der Waals surface area contributed by atoms with Gasteiger partial charge in [0.25, 0.3) is 0 Å². The van der Waals surface area contributed by atoms with E-state index in [0.29, 0.717) is 17.2 Å². The van der Waals surface area contributed by atoms with E-state index >= 15 is 0 Å². The van der Waals surface area contributed by atoms with E-state index < -0.39 is 0 Å². The number of methoxy groups -OCH3 is 1. The third-order valence-corrected chi connectivity index (χ3v) is 2.60. The summed E-state index contributed by atoms with van der Waals surface area (Å²) in [6.07, 6.45) is 0. The predicted octanol–water partition coefficient (Wildman–Crippen LogP) is 2.51. The lowest BCUT2D eigenvalue weighted by molar-refractivity contribution is 0.0946. The van der Waals surface area contributed by atoms with Crippen LogP contribution in [0.5, 0.6) is 5.75 Å². The second-order valence-corrected chi connectivity index (χ2v) is 4.59. The third kappa shape index (κ3) is 3.86. The van der Waals surface area contributed by atoms with Gasteiger partial charge in [-0.1, -0.05) is 26.0 Å². The third-order valence-electron chi connectivity index (χ3n) is 2.60. The number of ether oxygens (including phenoxy) is 1. The molecule has 17 heavy (non-hydrogen) atoms. The number of hydrogen-bond acceptors (Lipinski definition) is 3. The zero-order chi connectivity index (χ0) is 12.8. The number of carbonyl (C=O) groups is 1. The van der Waals surface area contributed by atoms with Crippen molar-refractivity contribution in [3.8, 4) is 5.75 Å². The maximum Gasteiger partial charge on any atom is 0.183 e. The fraction of sp³-hybridized carbons (Fsp3) is 0.500. The SMILES string of the molecule is COc1ccccc1C(=O)C(C)NCC(C)C. The number of benzene rings is 1. The van der Waals surface area contributed by atoms with Gasteiger partial charge in [0.15, 0.2) is 5.78 Å². The lowest BCUT2D eigenvalue weighted by Crippen LogP contribution is -2.36. The molecule has 0 aliphatic heterocycles. The molecule has 1 atom stereocenters. The lowest BCUT2D eigenvalue weighted by atomic mass is 10.0. The highest BCUT2D eigenvalue weighted by Gasteiger charge is 2.18. The number of carbonyl (C=O) groups excluding carboxylic acids is 1. The van der Waals surface area contributed by atoms with Crippen LogP contribution in [0.25, 0.3) is 0 Å². The molecule has 1 unspecified atom stereocenters. The molecular weight excluding hydrogens is 214 g/mol. The zero-order valence-corrected chi connectivity index (χ0v) is 11.0. The van der Waals surface area contributed by atoms with Gasteiger partial charge in [0, 0.05) is 0 Å². The standard InChI is InChI=1S/C14H21NO2/c1-10(2)9-15-11(3)14(16)12-7-5-6-8-13(12)17-4/h5-8,10-11,15H,9H2,1-4H3. The molecule has 0 radical (unpaired) electrons. The molecule has 0 amide bonds. The smallest absolute Gasteiger partial charge is 0.183 e. The van der Waals surface area contributed by atoms with E-state index in [4.69, 9.17) is 4.74 Å². The van der Waals surface area contributed by atoms with Gasteiger partial charge in [-0.25, -0.2) is 0 Å². The van der Waals surface area contributed by atoms with Crippen LogP contribution in [0, 0.1) is 5.92 Å². The van der Waals surface area contributed by atoms with E-state index in [-0.39, 0.29) is 11.8 Å². The summed E-state index contributed by atoms with van der Waals surface area (Å²) in [5.74, 6) is 1.24. The quantitative estimate of drug-likeness (QED) is 0.770. The Kier molecular flexibility index (Phi) is 5.16. The molecule has 0 aliphatic carbocycles. The maximum absolute atomic E-state index is 12.2. The number of ketones is 1. The summed E-state index contributed by atoms with van der Waals surface area (Å²) in [5.41, 5.74) is 0.638. The molecule has 3 heteroatoms. The molecule has 0 fully saturated rings. The molecular formula is C14H21NO2. The number of para-hydroxylation sites is 1. The number of Topliss-reactive ketones (excluding diaryl/α,β-unsaturated/α-hetero) is 1. The lowest BCUT2D eigenvalue weighted by Gasteiger charge is -2.16. The maximum atomic E-state index is 12.2. The minimum Gasteiger partial charge on any atom is -0.496 e. The minimum absolute atomic E-state index is 0.0723. The van der Waals surface area contributed by atoms with Gasteiger partial charge >= 0.3 is 0 Å². The van der Waals surface area contributed by atoms with E-state index in [2.05, 4.69) is 19.2 Å². The first-order chi connectivity index (χ1) is 8.06. The van der Waals surface area contributed by atoms with Crippen LogP contribution in [0.15, 0.2) is 24.3 Å². The molecule has 94 valence electrons. The van der Waals surface area contributed by atoms with Crippen molar-refractivity contribution in [2.24, 2.45) is 5.92 Å². The van der Waals surface area contributed by atoms with Gasteiger partial charge in [0.1, 0.15) is 5.75 Å². The van der Waals surface area contributed by atoms with E-state index in [0.717, 1.165) is 6.54 Å². The van der Waals surface area contributed by atoms with Crippen molar-refractivity contribution in [2.45, 2.75) is 26.8 Å². The second-order valence-electron chi connectivity index (χ2n) is 4.59. The molecule has 0 aliphatic rings. The highest BCUT2D eigenvalue weighted by atomic mass is 16.5. The Balaban J connectivity index is 2.74. The van der Waals surface area contributed by atoms with Crippen LogP contribution in [-0.4, -0.2) is 25.5 Å². The Morgan fingerprint density at radius 3 is 2.53 bits per heavy atom. The number of hydrogen-bond donors (Lipinski definition) is 1. The Hall–Kier alpha value is -1.35. The first kappa shape index (κ1) is 13.7. The molecule has 0 spiro atoms. The normalized spacial score (nSPS) is 12.5. The molecule has 1 rings (SSSR count). The predicted molar refractivity (Wildman–Crippen MR) is 69.6 cm³/mol. The fourth-order valence-corrected chi connectivity index (χ4v) is 1.59. The van der Waals surface area contributed by atoms with Crippen LogP contribution in [-0.2, 0) is 0 Å². The molecule has 1 N–H and O–H groups in total. The number of rotatable bonds is 6. The molecule has 1 aromatic rings.